The molecule has 1 atom stereocenters. The number of hydrogen-bond acceptors (Lipinski definition) is 2. The highest BCUT2D eigenvalue weighted by atomic mass is 32.1. The Bertz CT molecular complexity index is 112. The van der Waals surface area contributed by atoms with E-state index < -0.39 is 0 Å². The van der Waals surface area contributed by atoms with E-state index in [1.165, 1.54) is 5.57 Å². The number of hydrogen-bond donors (Lipinski definition) is 2. The third-order valence-corrected chi connectivity index (χ3v) is 1.70. The second-order valence-electron chi connectivity index (χ2n) is 2.24. The molecule has 0 aliphatic carbocycles. The number of allylic oxidation sites excluding steroid dienone is 1. The Balaban J connectivity index is 4.16. The average molecular weight is 145 g/mol. The summed E-state index contributed by atoms with van der Waals surface area (Å²) in [5.41, 5.74) is 7.74. The van der Waals surface area contributed by atoms with Gasteiger partial charge in [0.05, 0.1) is 0 Å². The summed E-state index contributed by atoms with van der Waals surface area (Å²) in [6, 6.07) is 0. The zero-order valence-corrected chi connectivity index (χ0v) is 7.20. The first-order chi connectivity index (χ1) is 4.09. The normalized spacial score (nSPS) is 16.9. The molecule has 1 unspecified atom stereocenters. The molecule has 0 aromatic heterocycles. The van der Waals surface area contributed by atoms with Crippen LogP contribution in [0.15, 0.2) is 11.3 Å². The molecule has 54 valence electrons. The summed E-state index contributed by atoms with van der Waals surface area (Å²) in [5, 5.41) is 0.306. The van der Waals surface area contributed by atoms with Crippen molar-refractivity contribution in [2.24, 2.45) is 5.73 Å². The molecule has 0 fully saturated rings. The van der Waals surface area contributed by atoms with Crippen LogP contribution in [-0.4, -0.2) is 5.25 Å². The van der Waals surface area contributed by atoms with Crippen molar-refractivity contribution in [3.05, 3.63) is 11.3 Å². The van der Waals surface area contributed by atoms with E-state index in [2.05, 4.69) is 19.6 Å². The van der Waals surface area contributed by atoms with E-state index in [4.69, 9.17) is 5.73 Å². The lowest BCUT2D eigenvalue weighted by Crippen LogP contribution is -2.05. The summed E-state index contributed by atoms with van der Waals surface area (Å²) < 4.78 is 0. The molecule has 0 amide bonds. The van der Waals surface area contributed by atoms with Gasteiger partial charge in [0.1, 0.15) is 0 Å². The molecule has 0 saturated carbocycles. The van der Waals surface area contributed by atoms with Gasteiger partial charge in [0.2, 0.25) is 0 Å². The summed E-state index contributed by atoms with van der Waals surface area (Å²) >= 11 is 4.27. The van der Waals surface area contributed by atoms with Crippen LogP contribution in [0.4, 0.5) is 0 Å². The molecule has 0 bridgehead atoms. The predicted octanol–water partition coefficient (Wildman–Crippen LogP) is 1.95. The predicted molar refractivity (Wildman–Crippen MR) is 45.6 cm³/mol. The fourth-order valence-corrected chi connectivity index (χ4v) is 1.29. The fraction of sp³-hybridized carbons (Fsp3) is 0.714. The van der Waals surface area contributed by atoms with Crippen LogP contribution in [-0.2, 0) is 0 Å². The Hall–Kier alpha value is -0.110. The van der Waals surface area contributed by atoms with E-state index >= 15 is 0 Å². The molecule has 0 aliphatic heterocycles. The van der Waals surface area contributed by atoms with E-state index in [0.29, 0.717) is 5.25 Å². The van der Waals surface area contributed by atoms with Crippen LogP contribution >= 0.6 is 12.6 Å². The van der Waals surface area contributed by atoms with Gasteiger partial charge in [-0.3, -0.25) is 0 Å². The van der Waals surface area contributed by atoms with E-state index in [0.717, 1.165) is 12.1 Å². The quantitative estimate of drug-likeness (QED) is 0.571. The van der Waals surface area contributed by atoms with Crippen molar-refractivity contribution in [1.82, 2.24) is 0 Å². The second kappa shape index (κ2) is 3.83. The molecule has 0 rings (SSSR count). The highest BCUT2D eigenvalue weighted by Crippen LogP contribution is 2.13. The maximum absolute atomic E-state index is 5.58. The minimum Gasteiger partial charge on any atom is -0.402 e. The molecule has 9 heavy (non-hydrogen) atoms. The third kappa shape index (κ3) is 2.80. The van der Waals surface area contributed by atoms with E-state index in [-0.39, 0.29) is 0 Å². The van der Waals surface area contributed by atoms with Crippen LogP contribution in [0, 0.1) is 0 Å². The van der Waals surface area contributed by atoms with Gasteiger partial charge in [0.15, 0.2) is 0 Å². The van der Waals surface area contributed by atoms with Gasteiger partial charge >= 0.3 is 0 Å². The molecule has 0 aliphatic rings. The molecule has 0 spiro atoms. The summed E-state index contributed by atoms with van der Waals surface area (Å²) in [6.45, 7) is 6.06. The third-order valence-electron chi connectivity index (χ3n) is 1.39. The fourth-order valence-electron chi connectivity index (χ4n) is 0.904. The van der Waals surface area contributed by atoms with Crippen molar-refractivity contribution in [1.29, 1.82) is 0 Å². The van der Waals surface area contributed by atoms with Crippen molar-refractivity contribution in [2.75, 3.05) is 0 Å². The van der Waals surface area contributed by atoms with Crippen molar-refractivity contribution in [2.45, 2.75) is 32.4 Å². The number of thiol groups is 1. The molecule has 0 aromatic rings. The standard InChI is InChI=1S/C7H15NS/c1-4-7(5(2)8)6(3)9/h6,9H,4,8H2,1-3H3/b7-5-. The molecular formula is C7H15NS. The molecule has 1 nitrogen and oxygen atoms in total. The summed E-state index contributed by atoms with van der Waals surface area (Å²) in [4.78, 5) is 0. The molecular weight excluding hydrogens is 130 g/mol. The minimum atomic E-state index is 0.306. The van der Waals surface area contributed by atoms with E-state index in [1.54, 1.807) is 0 Å². The van der Waals surface area contributed by atoms with Crippen LogP contribution in [0.2, 0.25) is 0 Å². The topological polar surface area (TPSA) is 26.0 Å². The van der Waals surface area contributed by atoms with Crippen molar-refractivity contribution in [3.8, 4) is 0 Å². The van der Waals surface area contributed by atoms with Crippen molar-refractivity contribution < 1.29 is 0 Å². The number of rotatable bonds is 2. The van der Waals surface area contributed by atoms with Crippen molar-refractivity contribution >= 4 is 12.6 Å². The maximum atomic E-state index is 5.58. The van der Waals surface area contributed by atoms with Crippen molar-refractivity contribution in [3.63, 3.8) is 0 Å². The van der Waals surface area contributed by atoms with Gasteiger partial charge in [-0.05, 0) is 25.8 Å². The van der Waals surface area contributed by atoms with Gasteiger partial charge in [-0.1, -0.05) is 6.92 Å². The smallest absolute Gasteiger partial charge is 0.0217 e. The lowest BCUT2D eigenvalue weighted by Gasteiger charge is -2.09. The van der Waals surface area contributed by atoms with Gasteiger partial charge in [0.25, 0.3) is 0 Å². The highest BCUT2D eigenvalue weighted by molar-refractivity contribution is 7.81. The van der Waals surface area contributed by atoms with Gasteiger partial charge in [0, 0.05) is 10.9 Å². The van der Waals surface area contributed by atoms with E-state index in [9.17, 15) is 0 Å². The average Bonchev–Trinajstić information content (AvgIpc) is 1.64. The SMILES string of the molecule is CC/C(=C(\C)N)C(C)S. The molecule has 2 N–H and O–H groups in total. The van der Waals surface area contributed by atoms with Crippen LogP contribution in [0.25, 0.3) is 0 Å². The molecule has 2 heteroatoms. The zero-order chi connectivity index (χ0) is 7.44. The Kier molecular flexibility index (Phi) is 3.78. The van der Waals surface area contributed by atoms with Gasteiger partial charge < -0.3 is 5.73 Å². The Morgan fingerprint density at radius 2 is 2.11 bits per heavy atom. The largest absolute Gasteiger partial charge is 0.402 e. The molecule has 0 saturated heterocycles. The maximum Gasteiger partial charge on any atom is 0.0217 e. The summed E-state index contributed by atoms with van der Waals surface area (Å²) in [6.07, 6.45) is 1.01. The summed E-state index contributed by atoms with van der Waals surface area (Å²) in [7, 11) is 0. The molecule has 0 aromatic carbocycles. The lowest BCUT2D eigenvalue weighted by atomic mass is 10.1. The van der Waals surface area contributed by atoms with Gasteiger partial charge in [-0.25, -0.2) is 0 Å². The summed E-state index contributed by atoms with van der Waals surface area (Å²) in [5.74, 6) is 0. The first kappa shape index (κ1) is 8.89. The molecule has 0 heterocycles. The van der Waals surface area contributed by atoms with E-state index in [1.807, 2.05) is 13.8 Å². The number of nitrogens with two attached hydrogens (primary N) is 1. The first-order valence-corrected chi connectivity index (χ1v) is 3.74. The van der Waals surface area contributed by atoms with Crippen LogP contribution in [0.1, 0.15) is 27.2 Å². The lowest BCUT2D eigenvalue weighted by molar-refractivity contribution is 0.954. The molecule has 0 radical (unpaired) electrons. The highest BCUT2D eigenvalue weighted by Gasteiger charge is 2.02. The van der Waals surface area contributed by atoms with Crippen LogP contribution in [0.5, 0.6) is 0 Å². The Labute approximate surface area is 62.7 Å². The monoisotopic (exact) mass is 145 g/mol. The van der Waals surface area contributed by atoms with Gasteiger partial charge in [-0.2, -0.15) is 12.6 Å². The van der Waals surface area contributed by atoms with Crippen LogP contribution < -0.4 is 5.73 Å². The minimum absolute atomic E-state index is 0.306. The Morgan fingerprint density at radius 3 is 2.11 bits per heavy atom. The van der Waals surface area contributed by atoms with Gasteiger partial charge in [-0.15, -0.1) is 0 Å². The van der Waals surface area contributed by atoms with Crippen LogP contribution in [0.3, 0.4) is 0 Å². The first-order valence-electron chi connectivity index (χ1n) is 3.22. The zero-order valence-electron chi connectivity index (χ0n) is 6.31. The Morgan fingerprint density at radius 1 is 1.67 bits per heavy atom. The second-order valence-corrected chi connectivity index (χ2v) is 3.01.